The molecule has 1 fully saturated rings. The molecule has 0 saturated carbocycles. The molecule has 1 saturated heterocycles. The van der Waals surface area contributed by atoms with Gasteiger partial charge in [0.05, 0.1) is 5.02 Å². The van der Waals surface area contributed by atoms with Crippen LogP contribution in [0.3, 0.4) is 0 Å². The van der Waals surface area contributed by atoms with Crippen molar-refractivity contribution in [3.8, 4) is 5.75 Å². The SMILES string of the molecule is Cl.Fc1ccc(OC(c2ccc(Cl)c(F)c2)C2CNC2)cc1F. The summed E-state index contributed by atoms with van der Waals surface area (Å²) in [6, 6.07) is 7.78. The molecule has 23 heavy (non-hydrogen) atoms. The van der Waals surface area contributed by atoms with Crippen molar-refractivity contribution in [3.63, 3.8) is 0 Å². The van der Waals surface area contributed by atoms with Crippen LogP contribution >= 0.6 is 24.0 Å². The topological polar surface area (TPSA) is 21.3 Å². The lowest BCUT2D eigenvalue weighted by atomic mass is 9.90. The first-order valence-corrected chi connectivity index (χ1v) is 7.20. The average molecular weight is 364 g/mol. The maximum Gasteiger partial charge on any atom is 0.162 e. The monoisotopic (exact) mass is 363 g/mol. The predicted molar refractivity (Wildman–Crippen MR) is 84.7 cm³/mol. The van der Waals surface area contributed by atoms with E-state index in [1.54, 1.807) is 6.07 Å². The van der Waals surface area contributed by atoms with Crippen LogP contribution in [-0.2, 0) is 0 Å². The largest absolute Gasteiger partial charge is 0.485 e. The Balaban J connectivity index is 0.00000192. The molecule has 2 nitrogen and oxygen atoms in total. The Kier molecular flexibility index (Phi) is 5.79. The van der Waals surface area contributed by atoms with Crippen LogP contribution in [0.25, 0.3) is 0 Å². The van der Waals surface area contributed by atoms with Gasteiger partial charge >= 0.3 is 0 Å². The van der Waals surface area contributed by atoms with Gasteiger partial charge in [0.2, 0.25) is 0 Å². The fourth-order valence-corrected chi connectivity index (χ4v) is 2.47. The van der Waals surface area contributed by atoms with Crippen molar-refractivity contribution >= 4 is 24.0 Å². The summed E-state index contributed by atoms with van der Waals surface area (Å²) in [7, 11) is 0. The van der Waals surface area contributed by atoms with Crippen LogP contribution in [-0.4, -0.2) is 13.1 Å². The van der Waals surface area contributed by atoms with Crippen molar-refractivity contribution in [1.29, 1.82) is 0 Å². The van der Waals surface area contributed by atoms with Gasteiger partial charge in [0.25, 0.3) is 0 Å². The summed E-state index contributed by atoms with van der Waals surface area (Å²) in [4.78, 5) is 0. The number of benzene rings is 2. The van der Waals surface area contributed by atoms with Gasteiger partial charge in [0, 0.05) is 25.1 Å². The Morgan fingerprint density at radius 2 is 1.74 bits per heavy atom. The molecule has 1 N–H and O–H groups in total. The third kappa shape index (κ3) is 3.91. The molecule has 0 bridgehead atoms. The van der Waals surface area contributed by atoms with Crippen molar-refractivity contribution in [2.45, 2.75) is 6.10 Å². The van der Waals surface area contributed by atoms with Gasteiger partial charge in [-0.05, 0) is 29.8 Å². The molecule has 2 aromatic rings. The third-order valence-electron chi connectivity index (χ3n) is 3.67. The summed E-state index contributed by atoms with van der Waals surface area (Å²) in [5.41, 5.74) is 0.609. The minimum atomic E-state index is -0.981. The minimum Gasteiger partial charge on any atom is -0.485 e. The number of nitrogens with one attached hydrogen (secondary N) is 1. The second-order valence-electron chi connectivity index (χ2n) is 5.21. The Bertz CT molecular complexity index is 695. The zero-order valence-electron chi connectivity index (χ0n) is 11.9. The van der Waals surface area contributed by atoms with Gasteiger partial charge in [-0.25, -0.2) is 13.2 Å². The first kappa shape index (κ1) is 17.9. The van der Waals surface area contributed by atoms with Crippen LogP contribution in [0.5, 0.6) is 5.75 Å². The highest BCUT2D eigenvalue weighted by molar-refractivity contribution is 6.30. The Hall–Kier alpha value is -1.43. The number of rotatable bonds is 4. The molecular formula is C16H14Cl2F3NO. The first-order chi connectivity index (χ1) is 10.5. The van der Waals surface area contributed by atoms with Gasteiger partial charge in [0.15, 0.2) is 11.6 Å². The summed E-state index contributed by atoms with van der Waals surface area (Å²) in [6.45, 7) is 1.41. The first-order valence-electron chi connectivity index (χ1n) is 6.82. The fraction of sp³-hybridized carbons (Fsp3) is 0.250. The van der Waals surface area contributed by atoms with Crippen LogP contribution in [0.15, 0.2) is 36.4 Å². The average Bonchev–Trinajstić information content (AvgIpc) is 2.43. The van der Waals surface area contributed by atoms with Gasteiger partial charge < -0.3 is 10.1 Å². The predicted octanol–water partition coefficient (Wildman–Crippen LogP) is 4.52. The standard InChI is InChI=1S/C16H13ClF3NO.ClH/c17-12-3-1-9(5-14(12)19)16(10-7-21-8-10)22-11-2-4-13(18)15(20)6-11;/h1-6,10,16,21H,7-8H2;1H. The molecule has 1 atom stereocenters. The lowest BCUT2D eigenvalue weighted by molar-refractivity contribution is 0.0985. The molecule has 0 aromatic heterocycles. The van der Waals surface area contributed by atoms with Gasteiger partial charge in [0.1, 0.15) is 17.7 Å². The highest BCUT2D eigenvalue weighted by Crippen LogP contribution is 2.32. The third-order valence-corrected chi connectivity index (χ3v) is 3.97. The van der Waals surface area contributed by atoms with E-state index in [-0.39, 0.29) is 29.1 Å². The zero-order chi connectivity index (χ0) is 15.7. The molecular weight excluding hydrogens is 350 g/mol. The molecule has 3 rings (SSSR count). The molecule has 7 heteroatoms. The quantitative estimate of drug-likeness (QED) is 0.862. The molecule has 1 aliphatic rings. The van der Waals surface area contributed by atoms with Gasteiger partial charge in [-0.3, -0.25) is 0 Å². The zero-order valence-corrected chi connectivity index (χ0v) is 13.4. The summed E-state index contributed by atoms with van der Waals surface area (Å²) in [5, 5.41) is 3.14. The Morgan fingerprint density at radius 3 is 2.30 bits per heavy atom. The highest BCUT2D eigenvalue weighted by Gasteiger charge is 2.30. The van der Waals surface area contributed by atoms with Gasteiger partial charge in [-0.15, -0.1) is 12.4 Å². The summed E-state index contributed by atoms with van der Waals surface area (Å²) in [6.07, 6.45) is -0.460. The number of hydrogen-bond donors (Lipinski definition) is 1. The lowest BCUT2D eigenvalue weighted by Crippen LogP contribution is -2.46. The summed E-state index contributed by atoms with van der Waals surface area (Å²) < 4.78 is 45.7. The van der Waals surface area contributed by atoms with E-state index in [9.17, 15) is 13.2 Å². The second-order valence-corrected chi connectivity index (χ2v) is 5.61. The van der Waals surface area contributed by atoms with E-state index >= 15 is 0 Å². The maximum atomic E-state index is 13.7. The van der Waals surface area contributed by atoms with E-state index in [0.29, 0.717) is 18.7 Å². The van der Waals surface area contributed by atoms with Crippen molar-refractivity contribution in [1.82, 2.24) is 5.32 Å². The normalized spacial score (nSPS) is 15.5. The maximum absolute atomic E-state index is 13.7. The van der Waals surface area contributed by atoms with Crippen LogP contribution in [0, 0.1) is 23.4 Å². The lowest BCUT2D eigenvalue weighted by Gasteiger charge is -2.35. The van der Waals surface area contributed by atoms with E-state index in [1.165, 1.54) is 18.2 Å². The van der Waals surface area contributed by atoms with Gasteiger partial charge in [-0.2, -0.15) is 0 Å². The van der Waals surface area contributed by atoms with E-state index in [1.807, 2.05) is 0 Å². The van der Waals surface area contributed by atoms with Gasteiger partial charge in [-0.1, -0.05) is 17.7 Å². The molecule has 0 radical (unpaired) electrons. The van der Waals surface area contributed by atoms with E-state index < -0.39 is 23.6 Å². The Morgan fingerprint density at radius 1 is 1.00 bits per heavy atom. The summed E-state index contributed by atoms with van der Waals surface area (Å²) >= 11 is 5.69. The van der Waals surface area contributed by atoms with E-state index in [2.05, 4.69) is 5.32 Å². The molecule has 0 aliphatic carbocycles. The minimum absolute atomic E-state index is 0. The molecule has 0 spiro atoms. The number of ether oxygens (including phenoxy) is 1. The van der Waals surface area contributed by atoms with E-state index in [0.717, 1.165) is 12.1 Å². The molecule has 1 heterocycles. The molecule has 2 aromatic carbocycles. The smallest absolute Gasteiger partial charge is 0.162 e. The molecule has 1 unspecified atom stereocenters. The van der Waals surface area contributed by atoms with Crippen LogP contribution in [0.4, 0.5) is 13.2 Å². The van der Waals surface area contributed by atoms with Crippen molar-refractivity contribution in [3.05, 3.63) is 64.4 Å². The molecule has 1 aliphatic heterocycles. The second kappa shape index (κ2) is 7.43. The van der Waals surface area contributed by atoms with Crippen LogP contribution in [0.1, 0.15) is 11.7 Å². The summed E-state index contributed by atoms with van der Waals surface area (Å²) in [5.74, 6) is -2.14. The fourth-order valence-electron chi connectivity index (χ4n) is 2.35. The number of hydrogen-bond acceptors (Lipinski definition) is 2. The molecule has 124 valence electrons. The van der Waals surface area contributed by atoms with E-state index in [4.69, 9.17) is 16.3 Å². The Labute approximate surface area is 143 Å². The van der Waals surface area contributed by atoms with Crippen LogP contribution in [0.2, 0.25) is 5.02 Å². The highest BCUT2D eigenvalue weighted by atomic mass is 35.5. The van der Waals surface area contributed by atoms with Crippen LogP contribution < -0.4 is 10.1 Å². The van der Waals surface area contributed by atoms with Crippen molar-refractivity contribution in [2.75, 3.05) is 13.1 Å². The van der Waals surface area contributed by atoms with Crippen molar-refractivity contribution < 1.29 is 17.9 Å². The number of halogens is 5. The van der Waals surface area contributed by atoms with Crippen molar-refractivity contribution in [2.24, 2.45) is 5.92 Å². The molecule has 0 amide bonds.